The number of aryl methyl sites for hydroxylation is 2. The number of anilines is 2. The van der Waals surface area contributed by atoms with E-state index in [1.54, 1.807) is 12.1 Å². The normalized spacial score (nSPS) is 19.4. The van der Waals surface area contributed by atoms with E-state index in [2.05, 4.69) is 21.2 Å². The van der Waals surface area contributed by atoms with Gasteiger partial charge in [0.25, 0.3) is 5.91 Å². The summed E-state index contributed by atoms with van der Waals surface area (Å²) in [5.74, 6) is -2.17. The second-order valence-electron chi connectivity index (χ2n) is 8.26. The van der Waals surface area contributed by atoms with Crippen LogP contribution in [0.2, 0.25) is 0 Å². The van der Waals surface area contributed by atoms with E-state index in [1.165, 1.54) is 17.0 Å². The molecule has 3 amide bonds. The molecule has 1 heterocycles. The van der Waals surface area contributed by atoms with Gasteiger partial charge in [-0.2, -0.15) is 0 Å². The Morgan fingerprint density at radius 1 is 1.00 bits per heavy atom. The molecule has 1 fully saturated rings. The van der Waals surface area contributed by atoms with E-state index >= 15 is 0 Å². The summed E-state index contributed by atoms with van der Waals surface area (Å²) >= 11 is 3.45. The summed E-state index contributed by atoms with van der Waals surface area (Å²) < 4.78 is 6.07. The number of benzene rings is 2. The molecule has 1 aliphatic carbocycles. The van der Waals surface area contributed by atoms with E-state index in [0.717, 1.165) is 15.6 Å². The number of fused-ring (bicyclic) bond motifs is 1. The van der Waals surface area contributed by atoms with Crippen LogP contribution < -0.4 is 10.2 Å². The van der Waals surface area contributed by atoms with E-state index in [4.69, 9.17) is 4.74 Å². The number of hydrogen-bond acceptors (Lipinski definition) is 5. The maximum Gasteiger partial charge on any atom is 0.338 e. The number of esters is 1. The Labute approximate surface area is 199 Å². The summed E-state index contributed by atoms with van der Waals surface area (Å²) in [5, 5.41) is 2.74. The molecule has 4 rings (SSSR count). The molecule has 0 bridgehead atoms. The lowest BCUT2D eigenvalue weighted by molar-refractivity contribution is -0.122. The monoisotopic (exact) mass is 510 g/mol. The van der Waals surface area contributed by atoms with Gasteiger partial charge in [-0.15, -0.1) is 0 Å². The number of ether oxygens (including phenoxy) is 1. The molecule has 0 radical (unpaired) electrons. The van der Waals surface area contributed by atoms with Crippen LogP contribution in [0.1, 0.15) is 34.3 Å². The van der Waals surface area contributed by atoms with Gasteiger partial charge in [0.2, 0.25) is 11.8 Å². The molecule has 2 aromatic rings. The highest BCUT2D eigenvalue weighted by Gasteiger charge is 2.47. The molecule has 1 saturated heterocycles. The van der Waals surface area contributed by atoms with Gasteiger partial charge in [-0.05, 0) is 74.2 Å². The van der Waals surface area contributed by atoms with Crippen molar-refractivity contribution < 1.29 is 23.9 Å². The number of carbonyl (C=O) groups excluding carboxylic acids is 4. The van der Waals surface area contributed by atoms with Crippen LogP contribution in [0.3, 0.4) is 0 Å². The number of nitrogens with zero attached hydrogens (tertiary/aromatic N) is 1. The van der Waals surface area contributed by atoms with Crippen LogP contribution in [0.5, 0.6) is 0 Å². The molecule has 170 valence electrons. The van der Waals surface area contributed by atoms with Crippen molar-refractivity contribution in [3.8, 4) is 0 Å². The number of amides is 3. The molecule has 7 nitrogen and oxygen atoms in total. The first-order valence-electron chi connectivity index (χ1n) is 10.6. The third-order valence-electron chi connectivity index (χ3n) is 5.98. The molecule has 2 atom stereocenters. The van der Waals surface area contributed by atoms with E-state index in [9.17, 15) is 19.2 Å². The SMILES string of the molecule is Cc1cc(NC(=O)COC(=O)c2ccc(N3C(=O)[C@H]4CC=CC[C@@H]4C3=O)cc2)c(C)cc1Br. The topological polar surface area (TPSA) is 92.8 Å². The average Bonchev–Trinajstić information content (AvgIpc) is 3.06. The van der Waals surface area contributed by atoms with Crippen LogP contribution in [-0.4, -0.2) is 30.3 Å². The van der Waals surface area contributed by atoms with Crippen molar-refractivity contribution in [3.05, 3.63) is 69.7 Å². The standard InChI is InChI=1S/C25H23BrN2O5/c1-14-12-21(15(2)11-20(14)26)27-22(29)13-33-25(32)16-7-9-17(10-8-16)28-23(30)18-5-3-4-6-19(18)24(28)31/h3-4,7-12,18-19H,5-6,13H2,1-2H3,(H,27,29)/t18-,19-/m0/s1. The van der Waals surface area contributed by atoms with Gasteiger partial charge in [-0.1, -0.05) is 28.1 Å². The predicted molar refractivity (Wildman–Crippen MR) is 127 cm³/mol. The van der Waals surface area contributed by atoms with E-state index < -0.39 is 18.5 Å². The van der Waals surface area contributed by atoms with Gasteiger partial charge in [0.05, 0.1) is 23.1 Å². The summed E-state index contributed by atoms with van der Waals surface area (Å²) in [6.45, 7) is 3.35. The van der Waals surface area contributed by atoms with Gasteiger partial charge >= 0.3 is 5.97 Å². The number of hydrogen-bond donors (Lipinski definition) is 1. The predicted octanol–water partition coefficient (Wildman–Crippen LogP) is 4.32. The summed E-state index contributed by atoms with van der Waals surface area (Å²) in [7, 11) is 0. The van der Waals surface area contributed by atoms with Crippen LogP contribution in [0.4, 0.5) is 11.4 Å². The first kappa shape index (κ1) is 22.9. The zero-order valence-electron chi connectivity index (χ0n) is 18.3. The third kappa shape index (κ3) is 4.61. The van der Waals surface area contributed by atoms with Crippen molar-refractivity contribution in [1.82, 2.24) is 0 Å². The smallest absolute Gasteiger partial charge is 0.338 e. The van der Waals surface area contributed by atoms with Crippen molar-refractivity contribution in [2.45, 2.75) is 26.7 Å². The number of halogens is 1. The molecule has 0 unspecified atom stereocenters. The molecule has 0 aromatic heterocycles. The van der Waals surface area contributed by atoms with Gasteiger partial charge in [-0.25, -0.2) is 4.79 Å². The van der Waals surface area contributed by atoms with Crippen molar-refractivity contribution in [1.29, 1.82) is 0 Å². The quantitative estimate of drug-likeness (QED) is 0.367. The minimum absolute atomic E-state index is 0.209. The average molecular weight is 511 g/mol. The summed E-state index contributed by atoms with van der Waals surface area (Å²) in [6, 6.07) is 9.80. The second-order valence-corrected chi connectivity index (χ2v) is 9.11. The zero-order valence-corrected chi connectivity index (χ0v) is 19.8. The van der Waals surface area contributed by atoms with Gasteiger partial charge in [-0.3, -0.25) is 19.3 Å². The van der Waals surface area contributed by atoms with Gasteiger partial charge < -0.3 is 10.1 Å². The number of carbonyl (C=O) groups is 4. The Hall–Kier alpha value is -3.26. The van der Waals surface area contributed by atoms with Crippen molar-refractivity contribution in [3.63, 3.8) is 0 Å². The molecule has 1 N–H and O–H groups in total. The van der Waals surface area contributed by atoms with Gasteiger partial charge in [0.15, 0.2) is 6.61 Å². The molecular formula is C25H23BrN2O5. The minimum Gasteiger partial charge on any atom is -0.452 e. The molecule has 0 spiro atoms. The fourth-order valence-corrected chi connectivity index (χ4v) is 4.58. The van der Waals surface area contributed by atoms with E-state index in [0.29, 0.717) is 24.2 Å². The van der Waals surface area contributed by atoms with Crippen LogP contribution in [0, 0.1) is 25.7 Å². The summed E-state index contributed by atoms with van der Waals surface area (Å²) in [5.41, 5.74) is 3.15. The number of allylic oxidation sites excluding steroid dienone is 2. The number of imide groups is 1. The van der Waals surface area contributed by atoms with E-state index in [1.807, 2.05) is 38.1 Å². The van der Waals surface area contributed by atoms with Crippen LogP contribution in [-0.2, 0) is 19.1 Å². The Balaban J connectivity index is 1.36. The fourth-order valence-electron chi connectivity index (χ4n) is 4.12. The lowest BCUT2D eigenvalue weighted by Gasteiger charge is -2.15. The summed E-state index contributed by atoms with van der Waals surface area (Å²) in [4.78, 5) is 51.2. The molecule has 1 aliphatic heterocycles. The first-order valence-corrected chi connectivity index (χ1v) is 11.4. The number of nitrogens with one attached hydrogen (secondary N) is 1. The molecule has 2 aliphatic rings. The number of rotatable bonds is 5. The zero-order chi connectivity index (χ0) is 23.7. The van der Waals surface area contributed by atoms with Crippen LogP contribution >= 0.6 is 15.9 Å². The van der Waals surface area contributed by atoms with Crippen molar-refractivity contribution in [2.75, 3.05) is 16.8 Å². The van der Waals surface area contributed by atoms with Crippen molar-refractivity contribution >= 4 is 51.0 Å². The first-order chi connectivity index (χ1) is 15.8. The maximum atomic E-state index is 12.7. The van der Waals surface area contributed by atoms with Crippen molar-refractivity contribution in [2.24, 2.45) is 11.8 Å². The lowest BCUT2D eigenvalue weighted by Crippen LogP contribution is -2.30. The highest BCUT2D eigenvalue weighted by Crippen LogP contribution is 2.37. The Morgan fingerprint density at radius 2 is 1.61 bits per heavy atom. The Morgan fingerprint density at radius 3 is 2.21 bits per heavy atom. The molecule has 2 aromatic carbocycles. The second kappa shape index (κ2) is 9.31. The van der Waals surface area contributed by atoms with Gasteiger partial charge in [0.1, 0.15) is 0 Å². The molecule has 33 heavy (non-hydrogen) atoms. The van der Waals surface area contributed by atoms with E-state index in [-0.39, 0.29) is 29.2 Å². The highest BCUT2D eigenvalue weighted by atomic mass is 79.9. The molecule has 8 heteroatoms. The Bertz CT molecular complexity index is 1150. The summed E-state index contributed by atoms with van der Waals surface area (Å²) in [6.07, 6.45) is 5.00. The maximum absolute atomic E-state index is 12.7. The van der Waals surface area contributed by atoms with Gasteiger partial charge in [0, 0.05) is 10.2 Å². The molecular weight excluding hydrogens is 488 g/mol. The molecule has 0 saturated carbocycles. The Kier molecular flexibility index (Phi) is 6.47. The largest absolute Gasteiger partial charge is 0.452 e. The van der Waals surface area contributed by atoms with Crippen LogP contribution in [0.25, 0.3) is 0 Å². The van der Waals surface area contributed by atoms with Crippen LogP contribution in [0.15, 0.2) is 53.0 Å². The highest BCUT2D eigenvalue weighted by molar-refractivity contribution is 9.10. The third-order valence-corrected chi connectivity index (χ3v) is 6.84. The lowest BCUT2D eigenvalue weighted by atomic mass is 9.85. The minimum atomic E-state index is -0.669. The fraction of sp³-hybridized carbons (Fsp3) is 0.280.